The fourth-order valence-electron chi connectivity index (χ4n) is 3.00. The van der Waals surface area contributed by atoms with Crippen molar-refractivity contribution in [1.82, 2.24) is 15.2 Å². The summed E-state index contributed by atoms with van der Waals surface area (Å²) in [6.45, 7) is 6.50. The lowest BCUT2D eigenvalue weighted by molar-refractivity contribution is -0.134. The van der Waals surface area contributed by atoms with Crippen molar-refractivity contribution in [1.29, 1.82) is 0 Å². The van der Waals surface area contributed by atoms with Crippen molar-refractivity contribution in [3.8, 4) is 11.3 Å². The summed E-state index contributed by atoms with van der Waals surface area (Å²) in [4.78, 5) is 18.8. The number of carbonyl (C=O) groups excluding carboxylic acids is 1. The molecule has 1 aliphatic heterocycles. The normalized spacial score (nSPS) is 18.0. The van der Waals surface area contributed by atoms with Gasteiger partial charge in [-0.1, -0.05) is 28.1 Å². The number of aryl methyl sites for hydroxylation is 2. The van der Waals surface area contributed by atoms with Crippen molar-refractivity contribution in [3.63, 3.8) is 0 Å². The van der Waals surface area contributed by atoms with Crippen molar-refractivity contribution in [2.45, 2.75) is 32.7 Å². The molecule has 1 saturated heterocycles. The Bertz CT molecular complexity index is 712. The SMILES string of the molecule is Cc1nc(CCC(=O)N2CCNCC2C)oc1-c1ccc(Br)cc1. The minimum atomic E-state index is 0.171. The molecule has 0 saturated carbocycles. The molecule has 0 spiro atoms. The maximum Gasteiger partial charge on any atom is 0.223 e. The van der Waals surface area contributed by atoms with Crippen molar-refractivity contribution in [2.24, 2.45) is 0 Å². The number of hydrogen-bond donors (Lipinski definition) is 1. The molecular formula is C18H22BrN3O2. The predicted octanol–water partition coefficient (Wildman–Crippen LogP) is 3.17. The molecule has 128 valence electrons. The van der Waals surface area contributed by atoms with Gasteiger partial charge < -0.3 is 14.6 Å². The number of nitrogens with one attached hydrogen (secondary N) is 1. The number of piperazine rings is 1. The maximum absolute atomic E-state index is 12.4. The van der Waals surface area contributed by atoms with Crippen LogP contribution in [0.2, 0.25) is 0 Å². The number of aromatic nitrogens is 1. The highest BCUT2D eigenvalue weighted by Crippen LogP contribution is 2.26. The molecule has 6 heteroatoms. The molecule has 1 aliphatic rings. The number of benzene rings is 1. The van der Waals surface area contributed by atoms with Crippen LogP contribution in [0.5, 0.6) is 0 Å². The molecule has 5 nitrogen and oxygen atoms in total. The van der Waals surface area contributed by atoms with Crippen LogP contribution in [-0.2, 0) is 11.2 Å². The standard InChI is InChI=1S/C18H22BrN3O2/c1-12-11-20-9-10-22(12)17(23)8-7-16-21-13(2)18(24-16)14-3-5-15(19)6-4-14/h3-6,12,20H,7-11H2,1-2H3. The van der Waals surface area contributed by atoms with Gasteiger partial charge >= 0.3 is 0 Å². The Hall–Kier alpha value is -1.66. The summed E-state index contributed by atoms with van der Waals surface area (Å²) < 4.78 is 6.92. The van der Waals surface area contributed by atoms with Gasteiger partial charge in [0.15, 0.2) is 11.7 Å². The van der Waals surface area contributed by atoms with Gasteiger partial charge in [-0.25, -0.2) is 4.98 Å². The maximum atomic E-state index is 12.4. The van der Waals surface area contributed by atoms with Crippen molar-refractivity contribution >= 4 is 21.8 Å². The molecule has 24 heavy (non-hydrogen) atoms. The van der Waals surface area contributed by atoms with E-state index in [1.807, 2.05) is 36.1 Å². The van der Waals surface area contributed by atoms with E-state index >= 15 is 0 Å². The molecule has 2 heterocycles. The fraction of sp³-hybridized carbons (Fsp3) is 0.444. The van der Waals surface area contributed by atoms with E-state index in [0.29, 0.717) is 18.7 Å². The second-order valence-electron chi connectivity index (χ2n) is 6.17. The van der Waals surface area contributed by atoms with Gasteiger partial charge in [0.05, 0.1) is 5.69 Å². The molecule has 1 N–H and O–H groups in total. The topological polar surface area (TPSA) is 58.4 Å². The summed E-state index contributed by atoms with van der Waals surface area (Å²) in [6.07, 6.45) is 0.969. The molecule has 0 bridgehead atoms. The van der Waals surface area contributed by atoms with Gasteiger partial charge in [0.25, 0.3) is 0 Å². The minimum absolute atomic E-state index is 0.171. The quantitative estimate of drug-likeness (QED) is 0.869. The second-order valence-corrected chi connectivity index (χ2v) is 7.08. The van der Waals surface area contributed by atoms with Crippen LogP contribution in [0.4, 0.5) is 0 Å². The lowest BCUT2D eigenvalue weighted by Gasteiger charge is -2.34. The number of hydrogen-bond acceptors (Lipinski definition) is 4. The zero-order valence-electron chi connectivity index (χ0n) is 14.0. The van der Waals surface area contributed by atoms with Gasteiger partial charge in [0, 0.05) is 48.6 Å². The first-order valence-electron chi connectivity index (χ1n) is 8.27. The van der Waals surface area contributed by atoms with E-state index < -0.39 is 0 Å². The Kier molecular flexibility index (Phi) is 5.36. The Morgan fingerprint density at radius 3 is 2.88 bits per heavy atom. The summed E-state index contributed by atoms with van der Waals surface area (Å²) >= 11 is 3.43. The van der Waals surface area contributed by atoms with Gasteiger partial charge in [-0.3, -0.25) is 4.79 Å². The van der Waals surface area contributed by atoms with E-state index in [-0.39, 0.29) is 11.9 Å². The monoisotopic (exact) mass is 391 g/mol. The molecule has 1 atom stereocenters. The molecule has 0 radical (unpaired) electrons. The average Bonchev–Trinajstić information content (AvgIpc) is 2.95. The highest BCUT2D eigenvalue weighted by atomic mass is 79.9. The Morgan fingerprint density at radius 2 is 2.17 bits per heavy atom. The van der Waals surface area contributed by atoms with E-state index in [2.05, 4.69) is 33.2 Å². The Labute approximate surface area is 150 Å². The molecule has 0 aliphatic carbocycles. The third kappa shape index (κ3) is 3.87. The zero-order valence-corrected chi connectivity index (χ0v) is 15.6. The number of carbonyl (C=O) groups is 1. The van der Waals surface area contributed by atoms with Gasteiger partial charge in [-0.15, -0.1) is 0 Å². The van der Waals surface area contributed by atoms with Crippen LogP contribution >= 0.6 is 15.9 Å². The van der Waals surface area contributed by atoms with Crippen molar-refractivity contribution in [2.75, 3.05) is 19.6 Å². The molecule has 1 amide bonds. The second kappa shape index (κ2) is 7.49. The Balaban J connectivity index is 1.65. The summed E-state index contributed by atoms with van der Waals surface area (Å²) in [5.74, 6) is 1.58. The molecule has 3 rings (SSSR count). The lowest BCUT2D eigenvalue weighted by Crippen LogP contribution is -2.52. The first kappa shape index (κ1) is 17.2. The molecular weight excluding hydrogens is 370 g/mol. The van der Waals surface area contributed by atoms with E-state index in [9.17, 15) is 4.79 Å². The summed E-state index contributed by atoms with van der Waals surface area (Å²) in [5, 5.41) is 3.30. The van der Waals surface area contributed by atoms with Crippen LogP contribution in [0.1, 0.15) is 24.9 Å². The van der Waals surface area contributed by atoms with E-state index in [1.165, 1.54) is 0 Å². The van der Waals surface area contributed by atoms with E-state index in [4.69, 9.17) is 4.42 Å². The van der Waals surface area contributed by atoms with Gasteiger partial charge in [-0.2, -0.15) is 0 Å². The van der Waals surface area contributed by atoms with Crippen LogP contribution in [0, 0.1) is 6.92 Å². The molecule has 2 aromatic rings. The van der Waals surface area contributed by atoms with E-state index in [1.54, 1.807) is 0 Å². The predicted molar refractivity (Wildman–Crippen MR) is 96.7 cm³/mol. The van der Waals surface area contributed by atoms with Crippen LogP contribution in [-0.4, -0.2) is 41.5 Å². The van der Waals surface area contributed by atoms with Crippen molar-refractivity contribution in [3.05, 3.63) is 40.3 Å². The highest BCUT2D eigenvalue weighted by Gasteiger charge is 2.23. The fourth-order valence-corrected chi connectivity index (χ4v) is 3.26. The van der Waals surface area contributed by atoms with Gasteiger partial charge in [0.1, 0.15) is 0 Å². The Morgan fingerprint density at radius 1 is 1.42 bits per heavy atom. The smallest absolute Gasteiger partial charge is 0.223 e. The van der Waals surface area contributed by atoms with Gasteiger partial charge in [-0.05, 0) is 26.0 Å². The summed E-state index contributed by atoms with van der Waals surface area (Å²) in [7, 11) is 0. The summed E-state index contributed by atoms with van der Waals surface area (Å²) in [5.41, 5.74) is 1.85. The molecule has 1 unspecified atom stereocenters. The zero-order chi connectivity index (χ0) is 17.1. The molecule has 1 aromatic heterocycles. The third-order valence-corrected chi connectivity index (χ3v) is 4.85. The minimum Gasteiger partial charge on any atom is -0.440 e. The highest BCUT2D eigenvalue weighted by molar-refractivity contribution is 9.10. The summed E-state index contributed by atoms with van der Waals surface area (Å²) in [6, 6.07) is 8.19. The third-order valence-electron chi connectivity index (χ3n) is 4.32. The van der Waals surface area contributed by atoms with Crippen LogP contribution in [0.25, 0.3) is 11.3 Å². The lowest BCUT2D eigenvalue weighted by atomic mass is 10.1. The average molecular weight is 392 g/mol. The van der Waals surface area contributed by atoms with Gasteiger partial charge in [0.2, 0.25) is 5.91 Å². The van der Waals surface area contributed by atoms with Crippen LogP contribution in [0.15, 0.2) is 33.2 Å². The van der Waals surface area contributed by atoms with Crippen LogP contribution in [0.3, 0.4) is 0 Å². The largest absolute Gasteiger partial charge is 0.440 e. The first-order chi connectivity index (χ1) is 11.5. The number of halogens is 1. The number of rotatable bonds is 4. The molecule has 1 aromatic carbocycles. The number of nitrogens with zero attached hydrogens (tertiary/aromatic N) is 2. The number of oxazole rings is 1. The van der Waals surface area contributed by atoms with E-state index in [0.717, 1.165) is 41.1 Å². The first-order valence-corrected chi connectivity index (χ1v) is 9.06. The molecule has 1 fully saturated rings. The van der Waals surface area contributed by atoms with Crippen LogP contribution < -0.4 is 5.32 Å². The van der Waals surface area contributed by atoms with Crippen molar-refractivity contribution < 1.29 is 9.21 Å². The number of amides is 1.